The summed E-state index contributed by atoms with van der Waals surface area (Å²) in [5.41, 5.74) is 12.9. The number of carbonyl (C=O) groups is 1. The predicted molar refractivity (Wildman–Crippen MR) is 186 cm³/mol. The highest BCUT2D eigenvalue weighted by molar-refractivity contribution is 7.46. The van der Waals surface area contributed by atoms with Gasteiger partial charge < -0.3 is 50.6 Å². The normalized spacial score (nSPS) is 20.1. The fourth-order valence-electron chi connectivity index (χ4n) is 5.05. The second kappa shape index (κ2) is 18.6. The molecule has 51 heavy (non-hydrogen) atoms. The summed E-state index contributed by atoms with van der Waals surface area (Å²) in [6.45, 7) is 9.23. The average Bonchev–Trinajstić information content (AvgIpc) is 3.79. The van der Waals surface area contributed by atoms with Crippen molar-refractivity contribution in [1.82, 2.24) is 29.1 Å². The van der Waals surface area contributed by atoms with Crippen LogP contribution in [0.3, 0.4) is 0 Å². The first-order valence-electron chi connectivity index (χ1n) is 16.3. The number of ether oxygens (including phenoxy) is 2. The van der Waals surface area contributed by atoms with Gasteiger partial charge in [0, 0.05) is 6.04 Å². The van der Waals surface area contributed by atoms with Crippen LogP contribution >= 0.6 is 7.82 Å². The number of imidazole rings is 2. The standard InChI is InChI=1S/C14H16N2O2.C10H14N5O7P.C8H19NO/c1-3-18-14(17)13-9-15-10-16(13)11(2)12-7-5-4-6-8-12;11-8-5-9(13-2-12-8)15(3-14-5)10-7(17)6(16)4(22-10)1-21-23(18,19)20;1-7(9)5-4-6-8(2,3)10/h4-11H,3H2,1-2H3;2-4,6-7,10,16-17H,1H2,(H2,11,12,13)(H2,18,19,20);7,10H,4-6,9H2,1-3H3/t;4-,6-,7-,10-;/m.1./s1. The monoisotopic (exact) mass is 736 g/mol. The summed E-state index contributed by atoms with van der Waals surface area (Å²) in [5.74, 6) is -0.194. The third-order valence-corrected chi connectivity index (χ3v) is 8.19. The maximum atomic E-state index is 11.8. The van der Waals surface area contributed by atoms with Crippen LogP contribution < -0.4 is 11.5 Å². The van der Waals surface area contributed by atoms with Gasteiger partial charge in [0.05, 0.1) is 43.7 Å². The number of esters is 1. The molecule has 18 nitrogen and oxygen atoms in total. The third kappa shape index (κ3) is 12.4. The molecule has 0 radical (unpaired) electrons. The molecule has 0 aliphatic carbocycles. The fourth-order valence-corrected chi connectivity index (χ4v) is 5.39. The van der Waals surface area contributed by atoms with E-state index in [4.69, 9.17) is 30.7 Å². The Labute approximate surface area is 295 Å². The highest BCUT2D eigenvalue weighted by Crippen LogP contribution is 2.39. The van der Waals surface area contributed by atoms with Gasteiger partial charge in [0.25, 0.3) is 0 Å². The van der Waals surface area contributed by atoms with E-state index in [-0.39, 0.29) is 29.5 Å². The lowest BCUT2D eigenvalue weighted by Gasteiger charge is -2.16. The van der Waals surface area contributed by atoms with Crippen LogP contribution in [0, 0.1) is 0 Å². The Balaban J connectivity index is 0.000000224. The molecule has 282 valence electrons. The number of carbonyl (C=O) groups excluding carboxylic acids is 1. The van der Waals surface area contributed by atoms with E-state index in [1.54, 1.807) is 13.3 Å². The fraction of sp³-hybridized carbons (Fsp3) is 0.531. The van der Waals surface area contributed by atoms with E-state index < -0.39 is 44.6 Å². The van der Waals surface area contributed by atoms with Crippen LogP contribution in [-0.2, 0) is 18.6 Å². The summed E-state index contributed by atoms with van der Waals surface area (Å²) in [7, 11) is -4.72. The largest absolute Gasteiger partial charge is 0.469 e. The molecular formula is C32H49N8O10P. The minimum atomic E-state index is -4.72. The Bertz CT molecular complexity index is 1710. The van der Waals surface area contributed by atoms with E-state index >= 15 is 0 Å². The lowest BCUT2D eigenvalue weighted by Crippen LogP contribution is -2.33. The number of hydrogen-bond donors (Lipinski definition) is 7. The molecule has 1 aliphatic rings. The van der Waals surface area contributed by atoms with Gasteiger partial charge in [-0.2, -0.15) is 0 Å². The summed E-state index contributed by atoms with van der Waals surface area (Å²) < 4.78 is 28.6. The number of fused-ring (bicyclic) bond motifs is 1. The van der Waals surface area contributed by atoms with E-state index in [0.29, 0.717) is 17.8 Å². The average molecular weight is 737 g/mol. The van der Waals surface area contributed by atoms with Crippen LogP contribution in [0.25, 0.3) is 11.2 Å². The Morgan fingerprint density at radius 1 is 1.10 bits per heavy atom. The van der Waals surface area contributed by atoms with Gasteiger partial charge in [0.15, 0.2) is 17.7 Å². The molecule has 1 aliphatic heterocycles. The maximum Gasteiger partial charge on any atom is 0.469 e. The number of hydrogen-bond acceptors (Lipinski definition) is 14. The van der Waals surface area contributed by atoms with Gasteiger partial charge in [-0.15, -0.1) is 0 Å². The zero-order valence-corrected chi connectivity index (χ0v) is 30.2. The minimum Gasteiger partial charge on any atom is -0.461 e. The molecule has 1 aromatic carbocycles. The van der Waals surface area contributed by atoms with Crippen molar-refractivity contribution >= 4 is 30.8 Å². The van der Waals surface area contributed by atoms with Gasteiger partial charge in [-0.05, 0) is 59.4 Å². The number of phosphoric acid groups is 1. The molecule has 0 bridgehead atoms. The molecule has 19 heteroatoms. The summed E-state index contributed by atoms with van der Waals surface area (Å²) >= 11 is 0. The van der Waals surface area contributed by atoms with Gasteiger partial charge in [0.1, 0.15) is 35.8 Å². The van der Waals surface area contributed by atoms with Gasteiger partial charge in [-0.1, -0.05) is 30.3 Å². The number of nitrogen functional groups attached to an aromatic ring is 1. The number of benzene rings is 1. The first kappa shape index (κ1) is 41.6. The second-order valence-corrected chi connectivity index (χ2v) is 13.8. The summed E-state index contributed by atoms with van der Waals surface area (Å²) in [6, 6.07) is 10.3. The second-order valence-electron chi connectivity index (χ2n) is 12.6. The van der Waals surface area contributed by atoms with Crippen LogP contribution in [0.4, 0.5) is 5.82 Å². The van der Waals surface area contributed by atoms with Crippen molar-refractivity contribution in [3.8, 4) is 0 Å². The summed E-state index contributed by atoms with van der Waals surface area (Å²) in [5, 5.41) is 29.4. The van der Waals surface area contributed by atoms with Gasteiger partial charge in [-0.25, -0.2) is 29.3 Å². The number of anilines is 1. The highest BCUT2D eigenvalue weighted by atomic mass is 31.2. The van der Waals surface area contributed by atoms with Crippen molar-refractivity contribution in [1.29, 1.82) is 0 Å². The number of aliphatic hydroxyl groups excluding tert-OH is 2. The summed E-state index contributed by atoms with van der Waals surface area (Å²) in [6.07, 6.45) is 3.57. The van der Waals surface area contributed by atoms with Gasteiger partial charge in [0.2, 0.25) is 0 Å². The van der Waals surface area contributed by atoms with Crippen molar-refractivity contribution in [2.24, 2.45) is 5.73 Å². The predicted octanol–water partition coefficient (Wildman–Crippen LogP) is 2.08. The van der Waals surface area contributed by atoms with Crippen LogP contribution in [0.1, 0.15) is 82.2 Å². The number of nitrogens with zero attached hydrogens (tertiary/aromatic N) is 6. The van der Waals surface area contributed by atoms with E-state index in [9.17, 15) is 24.7 Å². The Kier molecular flexibility index (Phi) is 15.2. The SMILES string of the molecule is CC(N)CCCC(C)(C)O.CCOC(=O)c1cncn1C(C)c1ccccc1.Nc1ncnc2c1ncn2[C@@H]1O[C@H](COP(=O)(O)O)[C@@H](O)[C@H]1O. The molecule has 4 aromatic rings. The zero-order chi connectivity index (χ0) is 37.9. The zero-order valence-electron chi connectivity index (χ0n) is 29.3. The first-order valence-corrected chi connectivity index (χ1v) is 17.8. The number of rotatable bonds is 12. The van der Waals surface area contributed by atoms with E-state index in [0.717, 1.165) is 24.8 Å². The van der Waals surface area contributed by atoms with E-state index in [1.165, 1.54) is 23.4 Å². The Morgan fingerprint density at radius 3 is 2.39 bits per heavy atom. The summed E-state index contributed by atoms with van der Waals surface area (Å²) in [4.78, 5) is 45.0. The van der Waals surface area contributed by atoms with Crippen LogP contribution in [0.2, 0.25) is 0 Å². The maximum absolute atomic E-state index is 11.8. The molecule has 0 amide bonds. The highest BCUT2D eigenvalue weighted by Gasteiger charge is 2.45. The number of nitrogens with two attached hydrogens (primary N) is 2. The van der Waals surface area contributed by atoms with E-state index in [2.05, 4.69) is 24.5 Å². The molecular weight excluding hydrogens is 687 g/mol. The van der Waals surface area contributed by atoms with Crippen molar-refractivity contribution in [3.05, 3.63) is 66.8 Å². The van der Waals surface area contributed by atoms with Crippen molar-refractivity contribution in [2.75, 3.05) is 18.9 Å². The minimum absolute atomic E-state index is 0.0492. The van der Waals surface area contributed by atoms with Crippen molar-refractivity contribution in [2.45, 2.75) is 96.1 Å². The lowest BCUT2D eigenvalue weighted by atomic mass is 10.0. The molecule has 6 atom stereocenters. The number of phosphoric ester groups is 1. The molecule has 0 spiro atoms. The smallest absolute Gasteiger partial charge is 0.461 e. The molecule has 5 rings (SSSR count). The Hall–Kier alpha value is -3.84. The Morgan fingerprint density at radius 2 is 1.78 bits per heavy atom. The molecule has 4 heterocycles. The molecule has 9 N–H and O–H groups in total. The lowest BCUT2D eigenvalue weighted by molar-refractivity contribution is -0.0504. The third-order valence-electron chi connectivity index (χ3n) is 7.70. The number of aliphatic hydroxyl groups is 3. The van der Waals surface area contributed by atoms with Crippen molar-refractivity contribution in [3.63, 3.8) is 0 Å². The molecule has 2 unspecified atom stereocenters. The van der Waals surface area contributed by atoms with Gasteiger partial charge in [-0.3, -0.25) is 9.09 Å². The van der Waals surface area contributed by atoms with Crippen LogP contribution in [0.5, 0.6) is 0 Å². The van der Waals surface area contributed by atoms with Crippen LogP contribution in [0.15, 0.2) is 55.5 Å². The van der Waals surface area contributed by atoms with E-state index in [1.807, 2.05) is 62.6 Å². The van der Waals surface area contributed by atoms with Gasteiger partial charge >= 0.3 is 13.8 Å². The molecule has 3 aromatic heterocycles. The molecule has 1 fully saturated rings. The molecule has 0 saturated carbocycles. The van der Waals surface area contributed by atoms with Crippen molar-refractivity contribution < 1.29 is 48.5 Å². The number of aromatic nitrogens is 6. The quantitative estimate of drug-likeness (QED) is 0.0810. The topological polar surface area (TPSA) is 276 Å². The first-order chi connectivity index (χ1) is 23.9. The van der Waals surface area contributed by atoms with Crippen LogP contribution in [-0.4, -0.2) is 103 Å². The molecule has 1 saturated heterocycles.